The zero-order valence-corrected chi connectivity index (χ0v) is 15.5. The molecule has 0 aliphatic heterocycles. The maximum Gasteiger partial charge on any atom is 0.329 e. The Labute approximate surface area is 158 Å². The number of ether oxygens (including phenoxy) is 1. The lowest BCUT2D eigenvalue weighted by Gasteiger charge is -2.10. The van der Waals surface area contributed by atoms with E-state index in [1.54, 1.807) is 25.1 Å². The van der Waals surface area contributed by atoms with Crippen LogP contribution in [0.3, 0.4) is 0 Å². The van der Waals surface area contributed by atoms with Crippen LogP contribution in [0.4, 0.5) is 5.95 Å². The molecule has 1 unspecified atom stereocenters. The van der Waals surface area contributed by atoms with Crippen LogP contribution in [0, 0.1) is 0 Å². The lowest BCUT2D eigenvalue weighted by Crippen LogP contribution is -2.29. The summed E-state index contributed by atoms with van der Waals surface area (Å²) in [5.74, 6) is 0.375. The lowest BCUT2D eigenvalue weighted by atomic mass is 10.2. The normalized spacial score (nSPS) is 12.6. The molecule has 0 aliphatic carbocycles. The van der Waals surface area contributed by atoms with Gasteiger partial charge in [-0.2, -0.15) is 10.1 Å². The summed E-state index contributed by atoms with van der Waals surface area (Å²) in [5.41, 5.74) is 2.14. The number of aromatic nitrogens is 4. The van der Waals surface area contributed by atoms with E-state index in [0.29, 0.717) is 11.3 Å². The third-order valence-electron chi connectivity index (χ3n) is 4.07. The Morgan fingerprint density at radius 2 is 2.18 bits per heavy atom. The molecule has 148 valence electrons. The fourth-order valence-corrected chi connectivity index (χ4v) is 2.73. The molecule has 2 aromatic heterocycles. The smallest absolute Gasteiger partial charge is 0.329 e. The lowest BCUT2D eigenvalue weighted by molar-refractivity contribution is 0.175. The Bertz CT molecular complexity index is 1160. The molecule has 0 aliphatic rings. The second kappa shape index (κ2) is 7.56. The number of nitrogens with zero attached hydrogens (tertiary/aromatic N) is 4. The number of aromatic amines is 1. The Kier molecular flexibility index (Phi) is 5.18. The van der Waals surface area contributed by atoms with Gasteiger partial charge in [0.25, 0.3) is 5.56 Å². The molecule has 0 radical (unpaired) electrons. The minimum absolute atomic E-state index is 0.0556. The number of hydrogen-bond donors (Lipinski definition) is 4. The number of aliphatic hydroxyl groups excluding tert-OH is 1. The van der Waals surface area contributed by atoms with E-state index in [-0.39, 0.29) is 29.4 Å². The molecule has 11 nitrogen and oxygen atoms in total. The van der Waals surface area contributed by atoms with Crippen LogP contribution in [-0.2, 0) is 13.6 Å². The molecule has 0 amide bonds. The number of aliphatic hydroxyl groups is 1. The molecular formula is C17H20N6O5. The summed E-state index contributed by atoms with van der Waals surface area (Å²) in [5, 5.41) is 23.9. The van der Waals surface area contributed by atoms with E-state index in [9.17, 15) is 19.8 Å². The van der Waals surface area contributed by atoms with E-state index in [2.05, 4.69) is 20.5 Å². The van der Waals surface area contributed by atoms with Gasteiger partial charge >= 0.3 is 5.69 Å². The molecule has 4 N–H and O–H groups in total. The number of hydrazone groups is 1. The number of hydrogen-bond acceptors (Lipinski definition) is 8. The van der Waals surface area contributed by atoms with Crippen LogP contribution in [0.15, 0.2) is 32.9 Å². The molecule has 0 spiro atoms. The minimum atomic E-state index is -0.777. The fourth-order valence-electron chi connectivity index (χ4n) is 2.73. The van der Waals surface area contributed by atoms with Crippen molar-refractivity contribution in [1.82, 2.24) is 19.1 Å². The average Bonchev–Trinajstić information content (AvgIpc) is 2.99. The summed E-state index contributed by atoms with van der Waals surface area (Å²) in [7, 11) is 2.91. The first kappa shape index (κ1) is 19.2. The van der Waals surface area contributed by atoms with Crippen LogP contribution in [0.5, 0.6) is 11.5 Å². The van der Waals surface area contributed by atoms with E-state index < -0.39 is 17.4 Å². The van der Waals surface area contributed by atoms with Crippen molar-refractivity contribution in [2.24, 2.45) is 12.1 Å². The molecule has 3 aromatic rings. The number of phenolic OH excluding ortho intramolecular Hbond substituents is 1. The van der Waals surface area contributed by atoms with Gasteiger partial charge in [0.05, 0.1) is 26.0 Å². The van der Waals surface area contributed by atoms with E-state index in [0.717, 1.165) is 0 Å². The van der Waals surface area contributed by atoms with Crippen LogP contribution in [0.2, 0.25) is 0 Å². The molecule has 2 heterocycles. The average molecular weight is 388 g/mol. The Balaban J connectivity index is 2.03. The first-order valence-electron chi connectivity index (χ1n) is 8.36. The number of imidazole rings is 1. The summed E-state index contributed by atoms with van der Waals surface area (Å²) in [6.07, 6.45) is 0.577. The van der Waals surface area contributed by atoms with E-state index in [1.807, 2.05) is 0 Å². The Hall–Kier alpha value is -3.60. The van der Waals surface area contributed by atoms with Gasteiger partial charge in [0.15, 0.2) is 22.7 Å². The highest BCUT2D eigenvalue weighted by Gasteiger charge is 2.18. The van der Waals surface area contributed by atoms with E-state index in [4.69, 9.17) is 4.74 Å². The molecule has 0 bridgehead atoms. The predicted octanol–water partition coefficient (Wildman–Crippen LogP) is -0.0357. The molecular weight excluding hydrogens is 368 g/mol. The van der Waals surface area contributed by atoms with E-state index in [1.165, 1.54) is 29.5 Å². The monoisotopic (exact) mass is 388 g/mol. The van der Waals surface area contributed by atoms with Gasteiger partial charge < -0.3 is 19.5 Å². The van der Waals surface area contributed by atoms with Crippen molar-refractivity contribution in [3.8, 4) is 11.5 Å². The van der Waals surface area contributed by atoms with Crippen molar-refractivity contribution < 1.29 is 14.9 Å². The zero-order chi connectivity index (χ0) is 20.4. The van der Waals surface area contributed by atoms with Gasteiger partial charge in [-0.05, 0) is 19.1 Å². The number of nitrogens with one attached hydrogen (secondary N) is 2. The van der Waals surface area contributed by atoms with E-state index >= 15 is 0 Å². The van der Waals surface area contributed by atoms with Crippen LogP contribution >= 0.6 is 0 Å². The molecule has 1 atom stereocenters. The molecule has 0 fully saturated rings. The Morgan fingerprint density at radius 1 is 1.43 bits per heavy atom. The minimum Gasteiger partial charge on any atom is -0.504 e. The molecule has 28 heavy (non-hydrogen) atoms. The number of H-pyrrole nitrogens is 1. The van der Waals surface area contributed by atoms with Gasteiger partial charge in [0.1, 0.15) is 0 Å². The highest BCUT2D eigenvalue weighted by molar-refractivity contribution is 5.85. The zero-order valence-electron chi connectivity index (χ0n) is 15.5. The highest BCUT2D eigenvalue weighted by Crippen LogP contribution is 2.28. The van der Waals surface area contributed by atoms with Crippen molar-refractivity contribution >= 4 is 23.3 Å². The van der Waals surface area contributed by atoms with Crippen molar-refractivity contribution in [3.05, 3.63) is 44.6 Å². The third-order valence-corrected chi connectivity index (χ3v) is 4.07. The van der Waals surface area contributed by atoms with Crippen molar-refractivity contribution in [2.75, 3.05) is 12.5 Å². The topological polar surface area (TPSA) is 147 Å². The van der Waals surface area contributed by atoms with Crippen LogP contribution in [-0.4, -0.2) is 48.7 Å². The number of aromatic hydroxyl groups is 1. The van der Waals surface area contributed by atoms with Crippen LogP contribution < -0.4 is 21.4 Å². The van der Waals surface area contributed by atoms with Gasteiger partial charge in [-0.1, -0.05) is 6.07 Å². The molecule has 0 saturated carbocycles. The van der Waals surface area contributed by atoms with Crippen molar-refractivity contribution in [2.45, 2.75) is 19.6 Å². The predicted molar refractivity (Wildman–Crippen MR) is 103 cm³/mol. The number of rotatable bonds is 6. The Morgan fingerprint density at radius 3 is 2.86 bits per heavy atom. The van der Waals surface area contributed by atoms with Gasteiger partial charge in [-0.15, -0.1) is 0 Å². The molecule has 11 heteroatoms. The standard InChI is InChI=1S/C17H20N6O5/c1-9(24)8-23-12-14(22(2)17(27)20-15(12)26)19-16(23)21-18-7-10-5-4-6-11(28-3)13(10)25/h4-7,9,24-25H,8H2,1-3H3,(H,19,21)(H,20,26,27)/b18-7+. The SMILES string of the molecule is COc1cccc(/C=N/Nc2nc3c(c(=O)[nH]c(=O)n3C)n2CC(C)O)c1O. The number of benzene rings is 1. The number of anilines is 1. The maximum atomic E-state index is 12.3. The summed E-state index contributed by atoms with van der Waals surface area (Å²) in [4.78, 5) is 30.5. The summed E-state index contributed by atoms with van der Waals surface area (Å²) in [6.45, 7) is 1.61. The number of aryl methyl sites for hydroxylation is 1. The maximum absolute atomic E-state index is 12.3. The largest absolute Gasteiger partial charge is 0.504 e. The molecule has 0 saturated heterocycles. The molecule has 3 rings (SSSR count). The quantitative estimate of drug-likeness (QED) is 0.342. The number of phenols is 1. The number of methoxy groups -OCH3 is 1. The summed E-state index contributed by atoms with van der Waals surface area (Å²) in [6, 6.07) is 4.93. The van der Waals surface area contributed by atoms with Crippen LogP contribution in [0.1, 0.15) is 12.5 Å². The summed E-state index contributed by atoms with van der Waals surface area (Å²) >= 11 is 0. The van der Waals surface area contributed by atoms with Gasteiger partial charge in [0.2, 0.25) is 5.95 Å². The first-order valence-corrected chi connectivity index (χ1v) is 8.36. The van der Waals surface area contributed by atoms with Gasteiger partial charge in [-0.25, -0.2) is 10.2 Å². The first-order chi connectivity index (χ1) is 13.3. The third kappa shape index (κ3) is 3.47. The second-order valence-corrected chi connectivity index (χ2v) is 6.15. The van der Waals surface area contributed by atoms with Crippen LogP contribution in [0.25, 0.3) is 11.2 Å². The highest BCUT2D eigenvalue weighted by atomic mass is 16.5. The summed E-state index contributed by atoms with van der Waals surface area (Å²) < 4.78 is 7.67. The number of fused-ring (bicyclic) bond motifs is 1. The number of para-hydroxylation sites is 1. The van der Waals surface area contributed by atoms with Crippen molar-refractivity contribution in [3.63, 3.8) is 0 Å². The second-order valence-electron chi connectivity index (χ2n) is 6.15. The molecule has 1 aromatic carbocycles. The van der Waals surface area contributed by atoms with Crippen molar-refractivity contribution in [1.29, 1.82) is 0 Å². The van der Waals surface area contributed by atoms with Gasteiger partial charge in [-0.3, -0.25) is 14.3 Å². The van der Waals surface area contributed by atoms with Gasteiger partial charge in [0, 0.05) is 12.6 Å². The fraction of sp³-hybridized carbons (Fsp3) is 0.294.